The molecular weight excluding hydrogens is 363 g/mol. The second-order valence-electron chi connectivity index (χ2n) is 4.15. The van der Waals surface area contributed by atoms with E-state index >= 15 is 0 Å². The summed E-state index contributed by atoms with van der Waals surface area (Å²) < 4.78 is 25.0. The second kappa shape index (κ2) is 7.94. The monoisotopic (exact) mass is 382 g/mol. The lowest BCUT2D eigenvalue weighted by molar-refractivity contribution is 0.188. The number of rotatable bonds is 8. The van der Waals surface area contributed by atoms with E-state index in [-0.39, 0.29) is 13.2 Å². The Labute approximate surface area is 134 Å². The van der Waals surface area contributed by atoms with Gasteiger partial charge in [-0.2, -0.15) is 0 Å². The van der Waals surface area contributed by atoms with Gasteiger partial charge >= 0.3 is 7.60 Å². The zero-order valence-electron chi connectivity index (χ0n) is 11.7. The Balaban J connectivity index is 3.30. The molecule has 0 saturated carbocycles. The van der Waals surface area contributed by atoms with E-state index < -0.39 is 12.9 Å². The van der Waals surface area contributed by atoms with Gasteiger partial charge < -0.3 is 9.05 Å². The maximum atomic E-state index is 13.1. The van der Waals surface area contributed by atoms with Crippen LogP contribution in [0.4, 0.5) is 0 Å². The van der Waals surface area contributed by atoms with Crippen molar-refractivity contribution in [3.05, 3.63) is 34.3 Å². The highest BCUT2D eigenvalue weighted by molar-refractivity contribution is 9.10. The molecule has 0 unspecified atom stereocenters. The predicted octanol–water partition coefficient (Wildman–Crippen LogP) is 3.83. The highest BCUT2D eigenvalue weighted by Crippen LogP contribution is 2.63. The van der Waals surface area contributed by atoms with E-state index in [9.17, 15) is 4.57 Å². The van der Waals surface area contributed by atoms with Crippen molar-refractivity contribution in [1.29, 1.82) is 0 Å². The molecule has 20 heavy (non-hydrogen) atoms. The molecule has 5 nitrogen and oxygen atoms in total. The van der Waals surface area contributed by atoms with Gasteiger partial charge in [0.25, 0.3) is 0 Å². The molecule has 1 aromatic rings. The Bertz CT molecular complexity index is 464. The topological polar surface area (TPSA) is 59.6 Å². The summed E-state index contributed by atoms with van der Waals surface area (Å²) >= 11 is 7.33. The SMILES string of the molecule is CCOP(=O)(OCC)[C@@](C)(NNS)c1ccc(Br)cc1. The number of hydrazine groups is 1. The number of hydrogen-bond acceptors (Lipinski definition) is 6. The van der Waals surface area contributed by atoms with Crippen LogP contribution in [-0.2, 0) is 18.9 Å². The maximum Gasteiger partial charge on any atom is 0.356 e. The molecule has 1 aromatic carbocycles. The fourth-order valence-electron chi connectivity index (χ4n) is 1.82. The Morgan fingerprint density at radius 2 is 1.75 bits per heavy atom. The summed E-state index contributed by atoms with van der Waals surface area (Å²) in [5.41, 5.74) is 3.66. The molecule has 0 aromatic heterocycles. The van der Waals surface area contributed by atoms with Crippen LogP contribution in [0.1, 0.15) is 26.3 Å². The van der Waals surface area contributed by atoms with Crippen LogP contribution in [-0.4, -0.2) is 13.2 Å². The zero-order chi connectivity index (χ0) is 15.2. The van der Waals surface area contributed by atoms with Crippen LogP contribution in [0.5, 0.6) is 0 Å². The molecule has 2 N–H and O–H groups in total. The average molecular weight is 383 g/mol. The van der Waals surface area contributed by atoms with Crippen molar-refractivity contribution in [1.82, 2.24) is 10.3 Å². The molecule has 0 radical (unpaired) electrons. The van der Waals surface area contributed by atoms with Crippen LogP contribution < -0.4 is 10.3 Å². The lowest BCUT2D eigenvalue weighted by Gasteiger charge is -2.36. The smallest absolute Gasteiger partial charge is 0.307 e. The summed E-state index contributed by atoms with van der Waals surface area (Å²) in [6, 6.07) is 7.45. The van der Waals surface area contributed by atoms with Crippen LogP contribution in [0.3, 0.4) is 0 Å². The van der Waals surface area contributed by atoms with Crippen molar-refractivity contribution in [3.8, 4) is 0 Å². The summed E-state index contributed by atoms with van der Waals surface area (Å²) in [5.74, 6) is 0. The highest BCUT2D eigenvalue weighted by atomic mass is 79.9. The van der Waals surface area contributed by atoms with E-state index in [0.717, 1.165) is 10.0 Å². The van der Waals surface area contributed by atoms with Crippen LogP contribution in [0.15, 0.2) is 28.7 Å². The van der Waals surface area contributed by atoms with Gasteiger partial charge in [-0.1, -0.05) is 40.9 Å². The Kier molecular flexibility index (Phi) is 7.21. The fraction of sp³-hybridized carbons (Fsp3) is 0.500. The molecule has 0 aliphatic carbocycles. The van der Waals surface area contributed by atoms with E-state index in [1.807, 2.05) is 24.3 Å². The third kappa shape index (κ3) is 3.85. The third-order valence-corrected chi connectivity index (χ3v) is 6.15. The fourth-order valence-corrected chi connectivity index (χ4v) is 4.32. The first-order valence-corrected chi connectivity index (χ1v) is 9.03. The first kappa shape index (κ1) is 18.2. The molecule has 8 heteroatoms. The number of nitrogens with one attached hydrogen (secondary N) is 2. The standard InChI is InChI=1S/C12H20BrN2O3PS/c1-4-17-19(16,18-5-2)12(3,14-15-20)10-6-8-11(13)9-7-10/h6-9,14-15,20H,4-5H2,1-3H3/t12-/m1/s1. The first-order chi connectivity index (χ1) is 9.43. The summed E-state index contributed by atoms with van der Waals surface area (Å²) in [7, 11) is -3.43. The quantitative estimate of drug-likeness (QED) is 0.362. The Morgan fingerprint density at radius 1 is 1.25 bits per heavy atom. The summed E-state index contributed by atoms with van der Waals surface area (Å²) in [5, 5.41) is -1.05. The van der Waals surface area contributed by atoms with Gasteiger partial charge in [-0.3, -0.25) is 4.57 Å². The lowest BCUT2D eigenvalue weighted by Crippen LogP contribution is -2.45. The van der Waals surface area contributed by atoms with Gasteiger partial charge in [-0.05, 0) is 38.5 Å². The normalized spacial score (nSPS) is 15.1. The molecule has 0 amide bonds. The molecule has 1 atom stereocenters. The molecule has 0 fully saturated rings. The Morgan fingerprint density at radius 3 is 2.15 bits per heavy atom. The van der Waals surface area contributed by atoms with Crippen molar-refractivity contribution in [2.24, 2.45) is 0 Å². The average Bonchev–Trinajstić information content (AvgIpc) is 2.40. The number of benzene rings is 1. The van der Waals surface area contributed by atoms with Crippen molar-refractivity contribution >= 4 is 36.3 Å². The van der Waals surface area contributed by atoms with E-state index in [0.29, 0.717) is 0 Å². The maximum absolute atomic E-state index is 13.1. The molecule has 0 spiro atoms. The summed E-state index contributed by atoms with van der Waals surface area (Å²) in [4.78, 5) is 2.54. The van der Waals surface area contributed by atoms with Gasteiger partial charge in [-0.25, -0.2) is 10.3 Å². The van der Waals surface area contributed by atoms with Crippen molar-refractivity contribution in [2.45, 2.75) is 26.1 Å². The van der Waals surface area contributed by atoms with Gasteiger partial charge in [0.1, 0.15) is 0 Å². The predicted molar refractivity (Wildman–Crippen MR) is 87.6 cm³/mol. The van der Waals surface area contributed by atoms with Crippen LogP contribution >= 0.6 is 36.3 Å². The van der Waals surface area contributed by atoms with Gasteiger partial charge in [0, 0.05) is 4.47 Å². The van der Waals surface area contributed by atoms with Crippen molar-refractivity contribution in [2.75, 3.05) is 13.2 Å². The minimum absolute atomic E-state index is 0.289. The molecule has 0 heterocycles. The molecule has 0 bridgehead atoms. The van der Waals surface area contributed by atoms with Crippen LogP contribution in [0, 0.1) is 0 Å². The van der Waals surface area contributed by atoms with Gasteiger partial charge in [0.2, 0.25) is 0 Å². The van der Waals surface area contributed by atoms with E-state index in [1.165, 1.54) is 0 Å². The highest BCUT2D eigenvalue weighted by Gasteiger charge is 2.48. The van der Waals surface area contributed by atoms with Crippen molar-refractivity contribution < 1.29 is 13.6 Å². The van der Waals surface area contributed by atoms with Crippen LogP contribution in [0.2, 0.25) is 0 Å². The van der Waals surface area contributed by atoms with E-state index in [2.05, 4.69) is 39.0 Å². The number of thiol groups is 1. The van der Waals surface area contributed by atoms with Gasteiger partial charge in [-0.15, -0.1) is 0 Å². The Hall–Kier alpha value is 0.120. The molecule has 114 valence electrons. The molecule has 0 aliphatic heterocycles. The molecular formula is C12H20BrN2O3PS. The largest absolute Gasteiger partial charge is 0.356 e. The number of hydrogen-bond donors (Lipinski definition) is 3. The minimum atomic E-state index is -3.43. The first-order valence-electron chi connectivity index (χ1n) is 6.25. The zero-order valence-corrected chi connectivity index (χ0v) is 15.1. The molecule has 0 saturated heterocycles. The molecule has 0 aliphatic rings. The minimum Gasteiger partial charge on any atom is -0.307 e. The number of halogens is 1. The third-order valence-electron chi connectivity index (χ3n) is 2.85. The van der Waals surface area contributed by atoms with Gasteiger partial charge in [0.15, 0.2) is 5.28 Å². The van der Waals surface area contributed by atoms with E-state index in [1.54, 1.807) is 20.8 Å². The second-order valence-corrected chi connectivity index (χ2v) is 7.69. The van der Waals surface area contributed by atoms with E-state index in [4.69, 9.17) is 9.05 Å². The summed E-state index contributed by atoms with van der Waals surface area (Å²) in [6.45, 7) is 5.89. The van der Waals surface area contributed by atoms with Gasteiger partial charge in [0.05, 0.1) is 13.2 Å². The van der Waals surface area contributed by atoms with Crippen LogP contribution in [0.25, 0.3) is 0 Å². The molecule has 1 rings (SSSR count). The lowest BCUT2D eigenvalue weighted by atomic mass is 10.1. The summed E-state index contributed by atoms with van der Waals surface area (Å²) in [6.07, 6.45) is 0. The van der Waals surface area contributed by atoms with Crippen molar-refractivity contribution in [3.63, 3.8) is 0 Å².